The summed E-state index contributed by atoms with van der Waals surface area (Å²) in [6, 6.07) is 11.2. The number of hydrogen-bond donors (Lipinski definition) is 2. The topological polar surface area (TPSA) is 41.4 Å². The van der Waals surface area contributed by atoms with Crippen molar-refractivity contribution in [2.24, 2.45) is 4.99 Å². The summed E-state index contributed by atoms with van der Waals surface area (Å²) in [5, 5.41) is 3.83. The van der Waals surface area contributed by atoms with Crippen molar-refractivity contribution in [3.63, 3.8) is 0 Å². The van der Waals surface area contributed by atoms with Crippen molar-refractivity contribution in [1.82, 2.24) is 9.29 Å². The van der Waals surface area contributed by atoms with E-state index >= 15 is 0 Å². The molecule has 0 amide bonds. The predicted octanol–water partition coefficient (Wildman–Crippen LogP) is 4.22. The van der Waals surface area contributed by atoms with Gasteiger partial charge < -0.3 is 14.6 Å². The maximum atomic E-state index is 15.0. The van der Waals surface area contributed by atoms with Crippen LogP contribution in [0, 0.1) is 12.7 Å². The molecule has 7 heteroatoms. The number of aromatic nitrogens is 1. The molecule has 0 saturated heterocycles. The highest BCUT2D eigenvalue weighted by Gasteiger charge is 2.18. The van der Waals surface area contributed by atoms with Crippen LogP contribution in [-0.4, -0.2) is 30.6 Å². The van der Waals surface area contributed by atoms with Crippen molar-refractivity contribution in [3.8, 4) is 16.8 Å². The van der Waals surface area contributed by atoms with Crippen LogP contribution < -0.4 is 20.7 Å². The Morgan fingerprint density at radius 1 is 1.26 bits per heavy atom. The SMILES string of the molecule is C=C(NSC)c1cc(C)c(-n2cc(-c3ccc(NC)cc3)c3c2=NCC(F)C=3)cc1F. The number of benzene rings is 2. The van der Waals surface area contributed by atoms with Crippen molar-refractivity contribution in [1.29, 1.82) is 0 Å². The maximum Gasteiger partial charge on any atom is 0.140 e. The van der Waals surface area contributed by atoms with Gasteiger partial charge in [-0.05, 0) is 48.4 Å². The monoisotopic (exact) mass is 438 g/mol. The number of nitrogens with zero attached hydrogens (tertiary/aromatic N) is 2. The number of aryl methyl sites for hydroxylation is 1. The van der Waals surface area contributed by atoms with Gasteiger partial charge in [0.25, 0.3) is 0 Å². The first kappa shape index (κ1) is 21.2. The van der Waals surface area contributed by atoms with E-state index in [4.69, 9.17) is 0 Å². The Hall–Kier alpha value is -3.06. The molecule has 1 aliphatic rings. The highest BCUT2D eigenvalue weighted by atomic mass is 32.2. The molecule has 0 spiro atoms. The first-order chi connectivity index (χ1) is 14.9. The molecular weight excluding hydrogens is 414 g/mol. The molecule has 31 heavy (non-hydrogen) atoms. The van der Waals surface area contributed by atoms with Crippen LogP contribution >= 0.6 is 11.9 Å². The number of anilines is 1. The third-order valence-corrected chi connectivity index (χ3v) is 5.81. The van der Waals surface area contributed by atoms with Gasteiger partial charge in [0.1, 0.15) is 17.5 Å². The van der Waals surface area contributed by atoms with E-state index in [1.807, 2.05) is 55.3 Å². The van der Waals surface area contributed by atoms with E-state index in [0.717, 1.165) is 27.6 Å². The lowest BCUT2D eigenvalue weighted by molar-refractivity contribution is 0.421. The van der Waals surface area contributed by atoms with Crippen molar-refractivity contribution in [2.45, 2.75) is 13.1 Å². The van der Waals surface area contributed by atoms with Gasteiger partial charge in [0.15, 0.2) is 0 Å². The molecule has 2 N–H and O–H groups in total. The molecule has 0 radical (unpaired) electrons. The molecule has 2 heterocycles. The van der Waals surface area contributed by atoms with E-state index < -0.39 is 6.17 Å². The lowest BCUT2D eigenvalue weighted by atomic mass is 10.1. The third-order valence-electron chi connectivity index (χ3n) is 5.36. The minimum atomic E-state index is -1.14. The lowest BCUT2D eigenvalue weighted by Gasteiger charge is -2.14. The fourth-order valence-electron chi connectivity index (χ4n) is 3.81. The number of hydrogen-bond acceptors (Lipinski definition) is 4. The van der Waals surface area contributed by atoms with E-state index in [0.29, 0.717) is 22.4 Å². The van der Waals surface area contributed by atoms with E-state index in [1.54, 1.807) is 12.1 Å². The summed E-state index contributed by atoms with van der Waals surface area (Å²) in [4.78, 5) is 4.48. The van der Waals surface area contributed by atoms with Gasteiger partial charge in [0.05, 0.1) is 12.2 Å². The molecule has 160 valence electrons. The average molecular weight is 439 g/mol. The molecular formula is C24H24F2N4S. The Morgan fingerprint density at radius 3 is 2.68 bits per heavy atom. The minimum absolute atomic E-state index is 0.0587. The van der Waals surface area contributed by atoms with Crippen LogP contribution in [0.25, 0.3) is 28.6 Å². The van der Waals surface area contributed by atoms with Crippen LogP contribution in [0.2, 0.25) is 0 Å². The Kier molecular flexibility index (Phi) is 5.87. The summed E-state index contributed by atoms with van der Waals surface area (Å²) in [5.74, 6) is -0.377. The molecule has 0 bridgehead atoms. The normalized spacial score (nSPS) is 14.9. The fourth-order valence-corrected chi connectivity index (χ4v) is 4.17. The zero-order valence-corrected chi connectivity index (χ0v) is 18.5. The molecule has 3 aromatic rings. The summed E-state index contributed by atoms with van der Waals surface area (Å²) in [7, 11) is 1.86. The first-order valence-electron chi connectivity index (χ1n) is 9.91. The van der Waals surface area contributed by atoms with Crippen molar-refractivity contribution < 1.29 is 8.78 Å². The van der Waals surface area contributed by atoms with E-state index in [2.05, 4.69) is 21.6 Å². The van der Waals surface area contributed by atoms with Crippen molar-refractivity contribution >= 4 is 29.4 Å². The second kappa shape index (κ2) is 8.59. The van der Waals surface area contributed by atoms with Crippen LogP contribution in [0.5, 0.6) is 0 Å². The molecule has 1 atom stereocenters. The number of halogens is 2. The van der Waals surface area contributed by atoms with Gasteiger partial charge >= 0.3 is 0 Å². The number of nitrogens with one attached hydrogen (secondary N) is 2. The minimum Gasteiger partial charge on any atom is -0.388 e. The highest BCUT2D eigenvalue weighted by molar-refractivity contribution is 7.97. The second-order valence-corrected chi connectivity index (χ2v) is 8.02. The van der Waals surface area contributed by atoms with Crippen LogP contribution in [-0.2, 0) is 0 Å². The molecule has 1 aromatic heterocycles. The number of alkyl halides is 1. The molecule has 0 aliphatic carbocycles. The van der Waals surface area contributed by atoms with Gasteiger partial charge in [-0.1, -0.05) is 30.7 Å². The van der Waals surface area contributed by atoms with E-state index in [1.165, 1.54) is 18.0 Å². The number of fused-ring (bicyclic) bond motifs is 1. The van der Waals surface area contributed by atoms with Gasteiger partial charge in [-0.15, -0.1) is 0 Å². The average Bonchev–Trinajstić information content (AvgIpc) is 3.13. The Bertz CT molecular complexity index is 1260. The van der Waals surface area contributed by atoms with Gasteiger partial charge in [-0.25, -0.2) is 8.78 Å². The van der Waals surface area contributed by atoms with Crippen molar-refractivity contribution in [2.75, 3.05) is 25.2 Å². The molecule has 4 rings (SSSR count). The molecule has 0 saturated carbocycles. The van der Waals surface area contributed by atoms with E-state index in [9.17, 15) is 8.78 Å². The maximum absolute atomic E-state index is 15.0. The fraction of sp³-hybridized carbons (Fsp3) is 0.208. The number of rotatable bonds is 6. The summed E-state index contributed by atoms with van der Waals surface area (Å²) >= 11 is 1.36. The molecule has 2 aromatic carbocycles. The quantitative estimate of drug-likeness (QED) is 0.566. The highest BCUT2D eigenvalue weighted by Crippen LogP contribution is 2.25. The lowest BCUT2D eigenvalue weighted by Crippen LogP contribution is -2.35. The standard InChI is InChI=1S/C24H24F2N4S/c1-14-9-19(15(2)29-31-4)22(26)11-23(14)30-13-21(16-5-7-18(27-3)8-6-16)20-10-17(25)12-28-24(20)30/h5-11,13,17,27,29H,2,12H2,1,3-4H3. The smallest absolute Gasteiger partial charge is 0.140 e. The van der Waals surface area contributed by atoms with Crippen LogP contribution in [0.4, 0.5) is 14.5 Å². The Labute approximate surface area is 184 Å². The van der Waals surface area contributed by atoms with Gasteiger partial charge in [0, 0.05) is 47.2 Å². The van der Waals surface area contributed by atoms with Gasteiger partial charge in [-0.2, -0.15) is 0 Å². The first-order valence-corrected chi connectivity index (χ1v) is 11.1. The van der Waals surface area contributed by atoms with Crippen LogP contribution in [0.1, 0.15) is 11.1 Å². The summed E-state index contributed by atoms with van der Waals surface area (Å²) in [6.45, 7) is 5.88. The van der Waals surface area contributed by atoms with Crippen LogP contribution in [0.3, 0.4) is 0 Å². The van der Waals surface area contributed by atoms with E-state index in [-0.39, 0.29) is 12.4 Å². The third kappa shape index (κ3) is 3.97. The summed E-state index contributed by atoms with van der Waals surface area (Å²) in [5.41, 5.74) is 5.90. The largest absolute Gasteiger partial charge is 0.388 e. The molecule has 4 nitrogen and oxygen atoms in total. The Balaban J connectivity index is 1.90. The van der Waals surface area contributed by atoms with Crippen molar-refractivity contribution in [3.05, 3.63) is 76.8 Å². The van der Waals surface area contributed by atoms with Crippen LogP contribution in [0.15, 0.2) is 54.2 Å². The molecule has 1 unspecified atom stereocenters. The zero-order chi connectivity index (χ0) is 22.1. The zero-order valence-electron chi connectivity index (χ0n) is 17.7. The predicted molar refractivity (Wildman–Crippen MR) is 126 cm³/mol. The Morgan fingerprint density at radius 2 is 2.00 bits per heavy atom. The van der Waals surface area contributed by atoms with Gasteiger partial charge in [0.2, 0.25) is 0 Å². The summed E-state index contributed by atoms with van der Waals surface area (Å²) < 4.78 is 34.0. The summed E-state index contributed by atoms with van der Waals surface area (Å²) in [6.07, 6.45) is 4.23. The molecule has 0 fully saturated rings. The van der Waals surface area contributed by atoms with Gasteiger partial charge in [-0.3, -0.25) is 4.99 Å². The second-order valence-electron chi connectivity index (χ2n) is 7.40. The molecule has 1 aliphatic heterocycles.